The lowest BCUT2D eigenvalue weighted by atomic mass is 10.2. The molecule has 0 fully saturated rings. The van der Waals surface area contributed by atoms with Crippen LogP contribution in [0.2, 0.25) is 0 Å². The molecule has 6 heteroatoms. The summed E-state index contributed by atoms with van der Waals surface area (Å²) in [6.07, 6.45) is 2.28. The number of carboxylic acids is 1. The summed E-state index contributed by atoms with van der Waals surface area (Å²) >= 11 is 0. The van der Waals surface area contributed by atoms with Crippen LogP contribution in [0, 0.1) is 0 Å². The van der Waals surface area contributed by atoms with Crippen molar-refractivity contribution >= 4 is 5.97 Å². The number of hydrogen-bond acceptors (Lipinski definition) is 5. The van der Waals surface area contributed by atoms with E-state index in [9.17, 15) is 4.79 Å². The molecule has 19 heavy (non-hydrogen) atoms. The summed E-state index contributed by atoms with van der Waals surface area (Å²) < 4.78 is 5.13. The predicted octanol–water partition coefficient (Wildman–Crippen LogP) is 2.32. The normalized spacial score (nSPS) is 9.58. The Morgan fingerprint density at radius 2 is 1.47 bits per heavy atom. The Hall–Kier alpha value is -1.95. The van der Waals surface area contributed by atoms with Gasteiger partial charge in [0.15, 0.2) is 17.2 Å². The molecule has 0 bridgehead atoms. The first-order valence-electron chi connectivity index (χ1n) is 5.99. The van der Waals surface area contributed by atoms with Crippen molar-refractivity contribution in [1.29, 1.82) is 0 Å². The van der Waals surface area contributed by atoms with E-state index in [0.717, 1.165) is 38.2 Å². The smallest absolute Gasteiger partial charge is 0.335 e. The largest absolute Gasteiger partial charge is 0.504 e. The highest BCUT2D eigenvalue weighted by molar-refractivity contribution is 5.89. The van der Waals surface area contributed by atoms with E-state index in [1.165, 1.54) is 0 Å². The van der Waals surface area contributed by atoms with Crippen LogP contribution in [0.15, 0.2) is 12.1 Å². The highest BCUT2D eigenvalue weighted by Crippen LogP contribution is 2.35. The summed E-state index contributed by atoms with van der Waals surface area (Å²) in [5.41, 5.74) is -0.289. The van der Waals surface area contributed by atoms with Crippen molar-refractivity contribution in [3.05, 3.63) is 17.7 Å². The van der Waals surface area contributed by atoms with Gasteiger partial charge in [-0.15, -0.1) is 0 Å². The molecule has 1 aromatic carbocycles. The maximum absolute atomic E-state index is 10.3. The van der Waals surface area contributed by atoms with Gasteiger partial charge in [-0.25, -0.2) is 4.79 Å². The molecule has 0 atom stereocenters. The van der Waals surface area contributed by atoms with Crippen LogP contribution in [0.4, 0.5) is 0 Å². The average Bonchev–Trinajstić information content (AvgIpc) is 2.36. The predicted molar refractivity (Wildman–Crippen MR) is 69.8 cm³/mol. The molecule has 0 aromatic heterocycles. The van der Waals surface area contributed by atoms with E-state index in [1.54, 1.807) is 0 Å². The van der Waals surface area contributed by atoms with Crippen LogP contribution in [0.5, 0.6) is 17.2 Å². The van der Waals surface area contributed by atoms with Crippen molar-refractivity contribution in [3.8, 4) is 17.2 Å². The number of phenols is 3. The third-order valence-corrected chi connectivity index (χ3v) is 2.01. The number of phenolic OH excluding ortho intramolecular Hbond substituents is 3. The first-order valence-corrected chi connectivity index (χ1v) is 5.99. The molecule has 6 nitrogen and oxygen atoms in total. The summed E-state index contributed by atoms with van der Waals surface area (Å²) in [4.78, 5) is 10.3. The number of aromatic carboxylic acids is 1. The van der Waals surface area contributed by atoms with Crippen molar-refractivity contribution in [2.24, 2.45) is 0 Å². The molecule has 0 saturated heterocycles. The van der Waals surface area contributed by atoms with E-state index in [2.05, 4.69) is 13.8 Å². The minimum absolute atomic E-state index is 0.289. The van der Waals surface area contributed by atoms with Gasteiger partial charge in [-0.1, -0.05) is 13.8 Å². The molecule has 0 heterocycles. The number of ether oxygens (including phenoxy) is 1. The van der Waals surface area contributed by atoms with Crippen molar-refractivity contribution in [1.82, 2.24) is 0 Å². The number of carbonyl (C=O) groups is 1. The molecular formula is C13H20O6. The topological polar surface area (TPSA) is 107 Å². The number of rotatable bonds is 5. The van der Waals surface area contributed by atoms with E-state index in [4.69, 9.17) is 25.2 Å². The van der Waals surface area contributed by atoms with Gasteiger partial charge in [-0.3, -0.25) is 0 Å². The third-order valence-electron chi connectivity index (χ3n) is 2.01. The molecule has 4 N–H and O–H groups in total. The lowest BCUT2D eigenvalue weighted by Crippen LogP contribution is -1.95. The average molecular weight is 272 g/mol. The zero-order valence-electron chi connectivity index (χ0n) is 11.1. The summed E-state index contributed by atoms with van der Waals surface area (Å²) in [6, 6.07) is 1.69. The zero-order valence-corrected chi connectivity index (χ0v) is 11.1. The molecule has 0 aliphatic heterocycles. The Balaban J connectivity index is 0.000000399. The monoisotopic (exact) mass is 272 g/mol. The van der Waals surface area contributed by atoms with Crippen molar-refractivity contribution < 1.29 is 30.0 Å². The second kappa shape index (κ2) is 9.04. The van der Waals surface area contributed by atoms with Crippen molar-refractivity contribution in [3.63, 3.8) is 0 Å². The Morgan fingerprint density at radius 1 is 1.05 bits per heavy atom. The quantitative estimate of drug-likeness (QED) is 0.484. The first-order chi connectivity index (χ1) is 8.93. The fourth-order valence-electron chi connectivity index (χ4n) is 1.12. The van der Waals surface area contributed by atoms with Crippen LogP contribution < -0.4 is 0 Å². The summed E-state index contributed by atoms with van der Waals surface area (Å²) in [5, 5.41) is 35.0. The number of hydrogen-bond donors (Lipinski definition) is 4. The summed E-state index contributed by atoms with van der Waals surface area (Å²) in [6.45, 7) is 6.09. The minimum atomic E-state index is -1.29. The molecule has 108 valence electrons. The fraction of sp³-hybridized carbons (Fsp3) is 0.462. The van der Waals surface area contributed by atoms with Gasteiger partial charge in [0.25, 0.3) is 0 Å². The van der Waals surface area contributed by atoms with Crippen LogP contribution in [0.1, 0.15) is 37.0 Å². The standard InChI is InChI=1S/C7H6O5.C6H14O/c8-4-1-3(7(11)12)2-5(9)6(4)10;1-3-5-7-6-4-2/h1-2,8-10H,(H,11,12);3-6H2,1-2H3. The molecule has 0 radical (unpaired) electrons. The van der Waals surface area contributed by atoms with Gasteiger partial charge in [0.1, 0.15) is 0 Å². The van der Waals surface area contributed by atoms with E-state index in [0.29, 0.717) is 0 Å². The Bertz CT molecular complexity index is 375. The van der Waals surface area contributed by atoms with Gasteiger partial charge in [-0.05, 0) is 25.0 Å². The highest BCUT2D eigenvalue weighted by Gasteiger charge is 2.11. The van der Waals surface area contributed by atoms with Crippen LogP contribution in [0.3, 0.4) is 0 Å². The summed E-state index contributed by atoms with van der Waals surface area (Å²) in [5.74, 6) is -3.33. The number of carboxylic acid groups (broad SMARTS) is 1. The van der Waals surface area contributed by atoms with Crippen LogP contribution >= 0.6 is 0 Å². The lowest BCUT2D eigenvalue weighted by molar-refractivity contribution is 0.0696. The Kier molecular flexibility index (Phi) is 8.12. The van der Waals surface area contributed by atoms with E-state index >= 15 is 0 Å². The lowest BCUT2D eigenvalue weighted by Gasteiger charge is -2.01. The number of aromatic hydroxyl groups is 3. The third kappa shape index (κ3) is 6.52. The summed E-state index contributed by atoms with van der Waals surface area (Å²) in [7, 11) is 0. The van der Waals surface area contributed by atoms with Gasteiger partial charge in [-0.2, -0.15) is 0 Å². The van der Waals surface area contributed by atoms with Crippen molar-refractivity contribution in [2.75, 3.05) is 13.2 Å². The Labute approximate surface area is 111 Å². The maximum atomic E-state index is 10.3. The van der Waals surface area contributed by atoms with Gasteiger partial charge in [0.05, 0.1) is 5.56 Å². The molecule has 1 rings (SSSR count). The second-order valence-corrected chi connectivity index (χ2v) is 3.78. The van der Waals surface area contributed by atoms with Gasteiger partial charge in [0, 0.05) is 13.2 Å². The number of benzene rings is 1. The van der Waals surface area contributed by atoms with Gasteiger partial charge in [0.2, 0.25) is 0 Å². The van der Waals surface area contributed by atoms with E-state index in [1.807, 2.05) is 0 Å². The molecule has 0 unspecified atom stereocenters. The highest BCUT2D eigenvalue weighted by atomic mass is 16.5. The minimum Gasteiger partial charge on any atom is -0.504 e. The molecular weight excluding hydrogens is 252 g/mol. The van der Waals surface area contributed by atoms with Crippen LogP contribution in [0.25, 0.3) is 0 Å². The Morgan fingerprint density at radius 3 is 1.79 bits per heavy atom. The maximum Gasteiger partial charge on any atom is 0.335 e. The van der Waals surface area contributed by atoms with Gasteiger partial charge < -0.3 is 25.2 Å². The van der Waals surface area contributed by atoms with E-state index in [-0.39, 0.29) is 5.56 Å². The van der Waals surface area contributed by atoms with Crippen LogP contribution in [-0.2, 0) is 4.74 Å². The van der Waals surface area contributed by atoms with Crippen molar-refractivity contribution in [2.45, 2.75) is 26.7 Å². The van der Waals surface area contributed by atoms with Crippen LogP contribution in [-0.4, -0.2) is 39.6 Å². The SMILES string of the molecule is CCCOCCC.O=C(O)c1cc(O)c(O)c(O)c1. The second-order valence-electron chi connectivity index (χ2n) is 3.78. The molecule has 0 aliphatic rings. The first kappa shape index (κ1) is 17.1. The molecule has 0 amide bonds. The van der Waals surface area contributed by atoms with Gasteiger partial charge >= 0.3 is 5.97 Å². The fourth-order valence-corrected chi connectivity index (χ4v) is 1.12. The molecule has 1 aromatic rings. The molecule has 0 saturated carbocycles. The van der Waals surface area contributed by atoms with E-state index < -0.39 is 23.2 Å². The molecule has 0 aliphatic carbocycles. The zero-order chi connectivity index (χ0) is 14.8. The molecule has 0 spiro atoms.